The van der Waals surface area contributed by atoms with E-state index in [9.17, 15) is 0 Å². The molecule has 1 aliphatic heterocycles. The fraction of sp³-hybridized carbons (Fsp3) is 0.571. The van der Waals surface area contributed by atoms with Crippen molar-refractivity contribution >= 4 is 5.69 Å². The highest BCUT2D eigenvalue weighted by molar-refractivity contribution is 5.60. The van der Waals surface area contributed by atoms with Crippen LogP contribution in [0.5, 0.6) is 0 Å². The molecule has 1 aromatic carbocycles. The molecule has 1 heterocycles. The number of para-hydroxylation sites is 1. The maximum absolute atomic E-state index is 5.84. The maximum atomic E-state index is 5.84. The molecule has 0 aromatic heterocycles. The van der Waals surface area contributed by atoms with Gasteiger partial charge in [-0.1, -0.05) is 18.2 Å². The normalized spacial score (nSPS) is 20.3. The van der Waals surface area contributed by atoms with Crippen LogP contribution in [0.3, 0.4) is 0 Å². The van der Waals surface area contributed by atoms with Gasteiger partial charge >= 0.3 is 0 Å². The van der Waals surface area contributed by atoms with E-state index in [0.29, 0.717) is 12.6 Å². The van der Waals surface area contributed by atoms with Crippen LogP contribution in [0.25, 0.3) is 0 Å². The SMILES string of the molecule is Cc1cccc(CN)c1N1CCC(N(C)C)C1. The van der Waals surface area contributed by atoms with Crippen molar-refractivity contribution in [1.29, 1.82) is 0 Å². The summed E-state index contributed by atoms with van der Waals surface area (Å²) in [7, 11) is 4.33. The second-order valence-electron chi connectivity index (χ2n) is 5.14. The van der Waals surface area contributed by atoms with E-state index < -0.39 is 0 Å². The average Bonchev–Trinajstić information content (AvgIpc) is 2.77. The molecule has 1 atom stereocenters. The second-order valence-corrected chi connectivity index (χ2v) is 5.14. The van der Waals surface area contributed by atoms with Gasteiger partial charge in [-0.3, -0.25) is 0 Å². The van der Waals surface area contributed by atoms with Crippen LogP contribution in [0.2, 0.25) is 0 Å². The van der Waals surface area contributed by atoms with Gasteiger partial charge in [0, 0.05) is 31.4 Å². The fourth-order valence-corrected chi connectivity index (χ4v) is 2.70. The van der Waals surface area contributed by atoms with Gasteiger partial charge in [-0.25, -0.2) is 0 Å². The summed E-state index contributed by atoms with van der Waals surface area (Å²) in [6, 6.07) is 7.09. The molecule has 1 fully saturated rings. The number of nitrogens with two attached hydrogens (primary N) is 1. The van der Waals surface area contributed by atoms with E-state index in [0.717, 1.165) is 13.1 Å². The summed E-state index contributed by atoms with van der Waals surface area (Å²) in [5.74, 6) is 0. The molecule has 1 saturated heterocycles. The van der Waals surface area contributed by atoms with Crippen molar-refractivity contribution in [3.8, 4) is 0 Å². The Morgan fingerprint density at radius 2 is 2.18 bits per heavy atom. The average molecular weight is 233 g/mol. The lowest BCUT2D eigenvalue weighted by atomic mass is 10.1. The van der Waals surface area contributed by atoms with Gasteiger partial charge in [-0.05, 0) is 38.6 Å². The molecule has 94 valence electrons. The maximum Gasteiger partial charge on any atom is 0.0442 e. The van der Waals surface area contributed by atoms with Gasteiger partial charge in [0.15, 0.2) is 0 Å². The molecule has 0 aliphatic carbocycles. The third-order valence-electron chi connectivity index (χ3n) is 3.75. The molecule has 0 amide bonds. The summed E-state index contributed by atoms with van der Waals surface area (Å²) in [5.41, 5.74) is 9.81. The highest BCUT2D eigenvalue weighted by atomic mass is 15.2. The Morgan fingerprint density at radius 3 is 2.76 bits per heavy atom. The van der Waals surface area contributed by atoms with Crippen LogP contribution < -0.4 is 10.6 Å². The quantitative estimate of drug-likeness (QED) is 0.860. The van der Waals surface area contributed by atoms with Crippen LogP contribution in [0.15, 0.2) is 18.2 Å². The monoisotopic (exact) mass is 233 g/mol. The van der Waals surface area contributed by atoms with Gasteiger partial charge in [0.05, 0.1) is 0 Å². The summed E-state index contributed by atoms with van der Waals surface area (Å²) < 4.78 is 0. The molecule has 2 N–H and O–H groups in total. The number of likely N-dealkylation sites (N-methyl/N-ethyl adjacent to an activating group) is 1. The molecule has 0 spiro atoms. The first kappa shape index (κ1) is 12.4. The number of rotatable bonds is 3. The topological polar surface area (TPSA) is 32.5 Å². The Kier molecular flexibility index (Phi) is 3.69. The first-order chi connectivity index (χ1) is 8.13. The van der Waals surface area contributed by atoms with Gasteiger partial charge < -0.3 is 15.5 Å². The van der Waals surface area contributed by atoms with Crippen molar-refractivity contribution in [2.24, 2.45) is 5.73 Å². The molecule has 2 rings (SSSR count). The zero-order chi connectivity index (χ0) is 12.4. The minimum atomic E-state index is 0.625. The van der Waals surface area contributed by atoms with E-state index >= 15 is 0 Å². The standard InChI is InChI=1S/C14H23N3/c1-11-5-4-6-12(9-15)14(11)17-8-7-13(10-17)16(2)3/h4-6,13H,7-10,15H2,1-3H3. The van der Waals surface area contributed by atoms with Crippen LogP contribution in [-0.2, 0) is 6.54 Å². The fourth-order valence-electron chi connectivity index (χ4n) is 2.70. The van der Waals surface area contributed by atoms with E-state index in [-0.39, 0.29) is 0 Å². The smallest absolute Gasteiger partial charge is 0.0442 e. The van der Waals surface area contributed by atoms with Crippen LogP contribution in [0.1, 0.15) is 17.5 Å². The van der Waals surface area contributed by atoms with Crippen molar-refractivity contribution in [2.75, 3.05) is 32.1 Å². The summed E-state index contributed by atoms with van der Waals surface area (Å²) in [6.07, 6.45) is 1.24. The van der Waals surface area contributed by atoms with Crippen molar-refractivity contribution in [3.63, 3.8) is 0 Å². The second kappa shape index (κ2) is 5.07. The highest BCUT2D eigenvalue weighted by Crippen LogP contribution is 2.29. The molecular formula is C14H23N3. The predicted molar refractivity (Wildman–Crippen MR) is 73.4 cm³/mol. The molecular weight excluding hydrogens is 210 g/mol. The number of benzene rings is 1. The number of hydrogen-bond acceptors (Lipinski definition) is 3. The van der Waals surface area contributed by atoms with Crippen molar-refractivity contribution in [2.45, 2.75) is 25.9 Å². The van der Waals surface area contributed by atoms with Gasteiger partial charge in [-0.2, -0.15) is 0 Å². The highest BCUT2D eigenvalue weighted by Gasteiger charge is 2.25. The van der Waals surface area contributed by atoms with Gasteiger partial charge in [0.1, 0.15) is 0 Å². The molecule has 1 aromatic rings. The molecule has 0 bridgehead atoms. The van der Waals surface area contributed by atoms with E-state index in [2.05, 4.69) is 49.0 Å². The van der Waals surface area contributed by atoms with E-state index in [1.807, 2.05) is 0 Å². The minimum absolute atomic E-state index is 0.625. The van der Waals surface area contributed by atoms with E-state index in [4.69, 9.17) is 5.73 Å². The Bertz CT molecular complexity index is 387. The lowest BCUT2D eigenvalue weighted by molar-refractivity contribution is 0.315. The van der Waals surface area contributed by atoms with Crippen molar-refractivity contribution < 1.29 is 0 Å². The Labute approximate surface area is 104 Å². The summed E-state index contributed by atoms with van der Waals surface area (Å²) in [5, 5.41) is 0. The molecule has 17 heavy (non-hydrogen) atoms. The van der Waals surface area contributed by atoms with Gasteiger partial charge in [0.25, 0.3) is 0 Å². The third-order valence-corrected chi connectivity index (χ3v) is 3.75. The Morgan fingerprint density at radius 1 is 1.41 bits per heavy atom. The predicted octanol–water partition coefficient (Wildman–Crippen LogP) is 1.59. The van der Waals surface area contributed by atoms with Crippen LogP contribution in [-0.4, -0.2) is 38.1 Å². The summed E-state index contributed by atoms with van der Waals surface area (Å²) >= 11 is 0. The number of hydrogen-bond donors (Lipinski definition) is 1. The van der Waals surface area contributed by atoms with Gasteiger partial charge in [-0.15, -0.1) is 0 Å². The van der Waals surface area contributed by atoms with E-state index in [1.165, 1.54) is 23.2 Å². The summed E-state index contributed by atoms with van der Waals surface area (Å²) in [4.78, 5) is 4.81. The Hall–Kier alpha value is -1.06. The molecule has 1 unspecified atom stereocenters. The van der Waals surface area contributed by atoms with Crippen LogP contribution in [0.4, 0.5) is 5.69 Å². The number of aryl methyl sites for hydroxylation is 1. The zero-order valence-electron chi connectivity index (χ0n) is 11.1. The first-order valence-electron chi connectivity index (χ1n) is 6.33. The van der Waals surface area contributed by atoms with Gasteiger partial charge in [0.2, 0.25) is 0 Å². The molecule has 1 aliphatic rings. The molecule has 3 nitrogen and oxygen atoms in total. The molecule has 0 saturated carbocycles. The largest absolute Gasteiger partial charge is 0.369 e. The lowest BCUT2D eigenvalue weighted by Gasteiger charge is -2.25. The third kappa shape index (κ3) is 2.45. The summed E-state index contributed by atoms with van der Waals surface area (Å²) in [6.45, 7) is 5.06. The first-order valence-corrected chi connectivity index (χ1v) is 6.33. The lowest BCUT2D eigenvalue weighted by Crippen LogP contribution is -2.32. The van der Waals surface area contributed by atoms with Crippen molar-refractivity contribution in [3.05, 3.63) is 29.3 Å². The number of anilines is 1. The minimum Gasteiger partial charge on any atom is -0.369 e. The Balaban J connectivity index is 2.24. The molecule has 0 radical (unpaired) electrons. The van der Waals surface area contributed by atoms with Crippen LogP contribution in [0, 0.1) is 6.92 Å². The van der Waals surface area contributed by atoms with E-state index in [1.54, 1.807) is 0 Å². The molecule has 3 heteroatoms. The zero-order valence-corrected chi connectivity index (χ0v) is 11.1. The number of nitrogens with zero attached hydrogens (tertiary/aromatic N) is 2. The van der Waals surface area contributed by atoms with Crippen LogP contribution >= 0.6 is 0 Å². The van der Waals surface area contributed by atoms with Crippen molar-refractivity contribution in [1.82, 2.24) is 4.90 Å².